The molecule has 0 aliphatic heterocycles. The Morgan fingerprint density at radius 1 is 1.61 bits per heavy atom. The minimum absolute atomic E-state index is 0.0343. The zero-order valence-corrected chi connectivity index (χ0v) is 10.7. The summed E-state index contributed by atoms with van der Waals surface area (Å²) in [7, 11) is 1.50. The Morgan fingerprint density at radius 3 is 2.89 bits per heavy atom. The first-order chi connectivity index (χ1) is 8.63. The van der Waals surface area contributed by atoms with Crippen molar-refractivity contribution in [2.45, 2.75) is 12.6 Å². The van der Waals surface area contributed by atoms with Gasteiger partial charge in [-0.15, -0.1) is 0 Å². The number of methoxy groups -OCH3 is 1. The van der Waals surface area contributed by atoms with Gasteiger partial charge in [0.25, 0.3) is 5.56 Å². The Morgan fingerprint density at radius 2 is 2.33 bits per heavy atom. The standard InChI is InChI=1S/C10H16ClN3O4/c1-18-6-7(5-16)13-8-4-12-14(2-3-15)10(17)9(8)11/h4,7,13,15-16H,2-3,5-6H2,1H3. The van der Waals surface area contributed by atoms with Crippen LogP contribution in [0.4, 0.5) is 5.69 Å². The molecule has 0 radical (unpaired) electrons. The van der Waals surface area contributed by atoms with Gasteiger partial charge in [0.15, 0.2) is 0 Å². The van der Waals surface area contributed by atoms with Crippen LogP contribution < -0.4 is 10.9 Å². The lowest BCUT2D eigenvalue weighted by Gasteiger charge is -2.17. The SMILES string of the molecule is COCC(CO)Nc1cnn(CCO)c(=O)c1Cl. The van der Waals surface area contributed by atoms with Gasteiger partial charge in [-0.25, -0.2) is 4.68 Å². The van der Waals surface area contributed by atoms with Crippen LogP contribution in [0.25, 0.3) is 0 Å². The van der Waals surface area contributed by atoms with Crippen LogP contribution in [-0.2, 0) is 11.3 Å². The third-order valence-corrected chi connectivity index (χ3v) is 2.61. The molecule has 0 amide bonds. The van der Waals surface area contributed by atoms with Crippen molar-refractivity contribution in [3.05, 3.63) is 21.6 Å². The van der Waals surface area contributed by atoms with Crippen molar-refractivity contribution < 1.29 is 14.9 Å². The summed E-state index contributed by atoms with van der Waals surface area (Å²) in [6, 6.07) is -0.373. The maximum absolute atomic E-state index is 11.7. The molecule has 0 aromatic carbocycles. The first-order valence-electron chi connectivity index (χ1n) is 5.36. The summed E-state index contributed by atoms with van der Waals surface area (Å²) in [4.78, 5) is 11.7. The van der Waals surface area contributed by atoms with E-state index in [1.807, 2.05) is 0 Å². The van der Waals surface area contributed by atoms with Crippen molar-refractivity contribution in [3.8, 4) is 0 Å². The maximum Gasteiger partial charge on any atom is 0.287 e. The molecule has 1 heterocycles. The number of hydrogen-bond donors (Lipinski definition) is 3. The number of aromatic nitrogens is 2. The highest BCUT2D eigenvalue weighted by Gasteiger charge is 2.13. The number of ether oxygens (including phenoxy) is 1. The molecular weight excluding hydrogens is 262 g/mol. The van der Waals surface area contributed by atoms with Crippen LogP contribution in [-0.4, -0.2) is 53.0 Å². The van der Waals surface area contributed by atoms with Gasteiger partial charge in [0, 0.05) is 7.11 Å². The topological polar surface area (TPSA) is 96.6 Å². The largest absolute Gasteiger partial charge is 0.394 e. The fraction of sp³-hybridized carbons (Fsp3) is 0.600. The van der Waals surface area contributed by atoms with Crippen LogP contribution in [0.2, 0.25) is 5.02 Å². The molecule has 0 aliphatic rings. The number of aliphatic hydroxyl groups excluding tert-OH is 2. The average Bonchev–Trinajstić information content (AvgIpc) is 2.37. The average molecular weight is 278 g/mol. The summed E-state index contributed by atoms with van der Waals surface area (Å²) in [6.07, 6.45) is 1.37. The van der Waals surface area contributed by atoms with E-state index in [0.717, 1.165) is 4.68 Å². The zero-order valence-electron chi connectivity index (χ0n) is 9.97. The third kappa shape index (κ3) is 3.67. The van der Waals surface area contributed by atoms with Gasteiger partial charge in [-0.1, -0.05) is 11.6 Å². The van der Waals surface area contributed by atoms with Crippen LogP contribution in [0.1, 0.15) is 0 Å². The van der Waals surface area contributed by atoms with Crippen molar-refractivity contribution in [1.29, 1.82) is 0 Å². The summed E-state index contributed by atoms with van der Waals surface area (Å²) in [5.74, 6) is 0. The van der Waals surface area contributed by atoms with Gasteiger partial charge >= 0.3 is 0 Å². The van der Waals surface area contributed by atoms with Gasteiger partial charge in [0.1, 0.15) is 5.02 Å². The molecular formula is C10H16ClN3O4. The number of hydrogen-bond acceptors (Lipinski definition) is 6. The molecule has 0 spiro atoms. The minimum Gasteiger partial charge on any atom is -0.394 e. The number of aliphatic hydroxyl groups is 2. The molecule has 0 aliphatic carbocycles. The first kappa shape index (κ1) is 14.9. The molecule has 0 fully saturated rings. The molecule has 1 aromatic heterocycles. The molecule has 1 atom stereocenters. The monoisotopic (exact) mass is 277 g/mol. The Balaban J connectivity index is 2.91. The van der Waals surface area contributed by atoms with Gasteiger partial charge in [-0.2, -0.15) is 5.10 Å². The fourth-order valence-electron chi connectivity index (χ4n) is 1.38. The van der Waals surface area contributed by atoms with Crippen LogP contribution in [0.5, 0.6) is 0 Å². The van der Waals surface area contributed by atoms with Crippen LogP contribution >= 0.6 is 11.6 Å². The van der Waals surface area contributed by atoms with E-state index in [-0.39, 0.29) is 37.4 Å². The van der Waals surface area contributed by atoms with Gasteiger partial charge in [-0.05, 0) is 0 Å². The van der Waals surface area contributed by atoms with Crippen LogP contribution in [0.15, 0.2) is 11.0 Å². The molecule has 8 heteroatoms. The molecule has 0 saturated carbocycles. The summed E-state index contributed by atoms with van der Waals surface area (Å²) in [6.45, 7) is -0.00424. The van der Waals surface area contributed by atoms with E-state index in [1.54, 1.807) is 0 Å². The van der Waals surface area contributed by atoms with E-state index >= 15 is 0 Å². The predicted molar refractivity (Wildman–Crippen MR) is 67.0 cm³/mol. The molecule has 1 rings (SSSR count). The molecule has 102 valence electrons. The molecule has 18 heavy (non-hydrogen) atoms. The van der Waals surface area contributed by atoms with E-state index in [0.29, 0.717) is 5.69 Å². The first-order valence-corrected chi connectivity index (χ1v) is 5.74. The second kappa shape index (κ2) is 7.32. The zero-order chi connectivity index (χ0) is 13.5. The Kier molecular flexibility index (Phi) is 6.06. The number of halogens is 1. The van der Waals surface area contributed by atoms with Gasteiger partial charge in [0.2, 0.25) is 0 Å². The maximum atomic E-state index is 11.7. The summed E-state index contributed by atoms with van der Waals surface area (Å²) in [5, 5.41) is 24.5. The summed E-state index contributed by atoms with van der Waals surface area (Å²) < 4.78 is 5.96. The van der Waals surface area contributed by atoms with Crippen molar-refractivity contribution in [2.24, 2.45) is 0 Å². The molecule has 0 bridgehead atoms. The number of nitrogens with one attached hydrogen (secondary N) is 1. The van der Waals surface area contributed by atoms with Gasteiger partial charge < -0.3 is 20.3 Å². The normalized spacial score (nSPS) is 12.4. The highest BCUT2D eigenvalue weighted by atomic mass is 35.5. The Hall–Kier alpha value is -1.15. The lowest BCUT2D eigenvalue weighted by atomic mass is 10.3. The number of rotatable bonds is 7. The van der Waals surface area contributed by atoms with Crippen LogP contribution in [0.3, 0.4) is 0 Å². The molecule has 1 aromatic rings. The molecule has 3 N–H and O–H groups in total. The second-order valence-corrected chi connectivity index (χ2v) is 3.98. The highest BCUT2D eigenvalue weighted by Crippen LogP contribution is 2.16. The summed E-state index contributed by atoms with van der Waals surface area (Å²) in [5.41, 5.74) is -0.170. The Bertz CT molecular complexity index is 438. The minimum atomic E-state index is -0.496. The van der Waals surface area contributed by atoms with E-state index in [4.69, 9.17) is 26.6 Å². The quantitative estimate of drug-likeness (QED) is 0.610. The second-order valence-electron chi connectivity index (χ2n) is 3.60. The summed E-state index contributed by atoms with van der Waals surface area (Å²) >= 11 is 5.90. The highest BCUT2D eigenvalue weighted by molar-refractivity contribution is 6.32. The predicted octanol–water partition coefficient (Wildman–Crippen LogP) is -0.692. The molecule has 0 saturated heterocycles. The third-order valence-electron chi connectivity index (χ3n) is 2.24. The Labute approximate surface area is 109 Å². The van der Waals surface area contributed by atoms with Crippen LogP contribution in [0, 0.1) is 0 Å². The lowest BCUT2D eigenvalue weighted by molar-refractivity contribution is 0.153. The molecule has 7 nitrogen and oxygen atoms in total. The van der Waals surface area contributed by atoms with Gasteiger partial charge in [-0.3, -0.25) is 4.79 Å². The number of nitrogens with zero attached hydrogens (tertiary/aromatic N) is 2. The molecule has 1 unspecified atom stereocenters. The fourth-order valence-corrected chi connectivity index (χ4v) is 1.58. The van der Waals surface area contributed by atoms with E-state index in [2.05, 4.69) is 10.4 Å². The van der Waals surface area contributed by atoms with Crippen molar-refractivity contribution in [2.75, 3.05) is 32.2 Å². The number of anilines is 1. The van der Waals surface area contributed by atoms with E-state index < -0.39 is 5.56 Å². The van der Waals surface area contributed by atoms with Crippen molar-refractivity contribution in [3.63, 3.8) is 0 Å². The van der Waals surface area contributed by atoms with Crippen molar-refractivity contribution in [1.82, 2.24) is 9.78 Å². The van der Waals surface area contributed by atoms with Gasteiger partial charge in [0.05, 0.1) is 44.3 Å². The van der Waals surface area contributed by atoms with E-state index in [9.17, 15) is 4.79 Å². The van der Waals surface area contributed by atoms with Crippen molar-refractivity contribution >= 4 is 17.3 Å². The smallest absolute Gasteiger partial charge is 0.287 e. The van der Waals surface area contributed by atoms with E-state index in [1.165, 1.54) is 13.3 Å². The lowest BCUT2D eigenvalue weighted by Crippen LogP contribution is -2.31.